The van der Waals surface area contributed by atoms with Crippen molar-refractivity contribution in [1.82, 2.24) is 15.2 Å². The summed E-state index contributed by atoms with van der Waals surface area (Å²) in [6, 6.07) is 4.31. The molecule has 0 radical (unpaired) electrons. The third-order valence-electron chi connectivity index (χ3n) is 5.00. The average Bonchev–Trinajstić information content (AvgIpc) is 3.08. The van der Waals surface area contributed by atoms with Gasteiger partial charge in [0.1, 0.15) is 5.69 Å². The van der Waals surface area contributed by atoms with Gasteiger partial charge in [-0.05, 0) is 58.3 Å². The minimum Gasteiger partial charge on any atom is -0.376 e. The van der Waals surface area contributed by atoms with E-state index in [0.29, 0.717) is 12.6 Å². The maximum atomic E-state index is 12.7. The normalized spacial score (nSPS) is 30.5. The van der Waals surface area contributed by atoms with Crippen molar-refractivity contribution in [2.45, 2.75) is 50.8 Å². The van der Waals surface area contributed by atoms with Crippen LogP contribution < -0.4 is 10.6 Å². The fraction of sp³-hybridized carbons (Fsp3) is 0.688. The number of hydrogen-bond acceptors (Lipinski definition) is 3. The highest BCUT2D eigenvalue weighted by Gasteiger charge is 2.39. The molecule has 2 unspecified atom stereocenters. The van der Waals surface area contributed by atoms with Gasteiger partial charge in [0.15, 0.2) is 0 Å². The zero-order valence-electron chi connectivity index (χ0n) is 12.9. The van der Waals surface area contributed by atoms with E-state index < -0.39 is 0 Å². The Bertz CT molecular complexity index is 507. The molecule has 3 rings (SSSR count). The highest BCUT2D eigenvalue weighted by atomic mass is 16.5. The summed E-state index contributed by atoms with van der Waals surface area (Å²) in [4.78, 5) is 12.7. The molecule has 21 heavy (non-hydrogen) atoms. The molecule has 0 aliphatic carbocycles. The van der Waals surface area contributed by atoms with Gasteiger partial charge in [-0.2, -0.15) is 0 Å². The lowest BCUT2D eigenvalue weighted by atomic mass is 9.94. The van der Waals surface area contributed by atoms with E-state index in [1.165, 1.54) is 0 Å². The third-order valence-corrected chi connectivity index (χ3v) is 5.00. The van der Waals surface area contributed by atoms with E-state index >= 15 is 0 Å². The predicted octanol–water partition coefficient (Wildman–Crippen LogP) is 1.71. The number of amides is 1. The van der Waals surface area contributed by atoms with Gasteiger partial charge < -0.3 is 19.9 Å². The fourth-order valence-corrected chi connectivity index (χ4v) is 3.31. The highest BCUT2D eigenvalue weighted by molar-refractivity contribution is 5.93. The van der Waals surface area contributed by atoms with Crippen molar-refractivity contribution in [3.8, 4) is 0 Å². The van der Waals surface area contributed by atoms with Gasteiger partial charge in [0.05, 0.1) is 11.6 Å². The first-order valence-electron chi connectivity index (χ1n) is 7.92. The lowest BCUT2D eigenvalue weighted by Crippen LogP contribution is -2.51. The van der Waals surface area contributed by atoms with Crippen molar-refractivity contribution < 1.29 is 9.53 Å². The summed E-state index contributed by atoms with van der Waals surface area (Å²) in [5, 5.41) is 6.55. The van der Waals surface area contributed by atoms with Crippen LogP contribution >= 0.6 is 0 Å². The fourth-order valence-electron chi connectivity index (χ4n) is 3.31. The number of hydrogen-bond donors (Lipinski definition) is 2. The zero-order chi connectivity index (χ0) is 14.9. The number of ether oxygens (including phenoxy) is 1. The molecule has 2 aliphatic rings. The molecule has 1 amide bonds. The van der Waals surface area contributed by atoms with E-state index in [4.69, 9.17) is 4.74 Å². The summed E-state index contributed by atoms with van der Waals surface area (Å²) < 4.78 is 7.74. The Morgan fingerprint density at radius 1 is 1.48 bits per heavy atom. The lowest BCUT2D eigenvalue weighted by molar-refractivity contribution is 0.0719. The van der Waals surface area contributed by atoms with Crippen LogP contribution in [0.3, 0.4) is 0 Å². The number of rotatable bonds is 3. The van der Waals surface area contributed by atoms with Crippen LogP contribution in [0.5, 0.6) is 0 Å². The maximum absolute atomic E-state index is 12.7. The second-order valence-corrected chi connectivity index (χ2v) is 6.42. The van der Waals surface area contributed by atoms with Gasteiger partial charge in [-0.25, -0.2) is 0 Å². The molecule has 2 aliphatic heterocycles. The molecule has 1 aromatic heterocycles. The van der Waals surface area contributed by atoms with Crippen molar-refractivity contribution in [1.29, 1.82) is 0 Å². The molecule has 0 bridgehead atoms. The highest BCUT2D eigenvalue weighted by Crippen LogP contribution is 2.26. The van der Waals surface area contributed by atoms with Crippen molar-refractivity contribution in [2.24, 2.45) is 0 Å². The molecule has 2 N–H and O–H groups in total. The molecule has 2 atom stereocenters. The van der Waals surface area contributed by atoms with Gasteiger partial charge in [0, 0.05) is 18.8 Å². The number of nitrogens with one attached hydrogen (secondary N) is 2. The first-order chi connectivity index (χ1) is 10.1. The molecule has 5 heteroatoms. The molecule has 2 saturated heterocycles. The Kier molecular flexibility index (Phi) is 4.04. The molecule has 5 nitrogen and oxygen atoms in total. The Labute approximate surface area is 126 Å². The van der Waals surface area contributed by atoms with Gasteiger partial charge in [-0.3, -0.25) is 4.79 Å². The minimum atomic E-state index is -0.264. The third kappa shape index (κ3) is 2.85. The summed E-state index contributed by atoms with van der Waals surface area (Å²) in [6.07, 6.45) is 5.11. The summed E-state index contributed by atoms with van der Waals surface area (Å²) >= 11 is 0. The van der Waals surface area contributed by atoms with Gasteiger partial charge in [-0.1, -0.05) is 0 Å². The predicted molar refractivity (Wildman–Crippen MR) is 81.5 cm³/mol. The molecular formula is C16H25N3O2. The molecular weight excluding hydrogens is 266 g/mol. The van der Waals surface area contributed by atoms with Crippen molar-refractivity contribution >= 4 is 5.91 Å². The molecule has 0 spiro atoms. The van der Waals surface area contributed by atoms with Crippen LogP contribution in [0.1, 0.15) is 49.6 Å². The first kappa shape index (κ1) is 14.6. The van der Waals surface area contributed by atoms with Crippen LogP contribution in [0.25, 0.3) is 0 Å². The zero-order valence-corrected chi connectivity index (χ0v) is 12.9. The second-order valence-electron chi connectivity index (χ2n) is 6.42. The minimum absolute atomic E-state index is 0.0124. The molecule has 0 saturated carbocycles. The van der Waals surface area contributed by atoms with Crippen LogP contribution in [0.4, 0.5) is 0 Å². The van der Waals surface area contributed by atoms with E-state index in [2.05, 4.69) is 22.1 Å². The number of aromatic nitrogens is 1. The summed E-state index contributed by atoms with van der Waals surface area (Å²) in [5.74, 6) is 0.0124. The number of piperidine rings is 1. The van der Waals surface area contributed by atoms with Crippen molar-refractivity contribution in [3.05, 3.63) is 24.0 Å². The van der Waals surface area contributed by atoms with Crippen LogP contribution in [-0.2, 0) is 4.74 Å². The van der Waals surface area contributed by atoms with E-state index in [1.807, 2.05) is 25.3 Å². The average molecular weight is 291 g/mol. The van der Waals surface area contributed by atoms with Gasteiger partial charge >= 0.3 is 0 Å². The SMILES string of the molecule is CC1OCCC1(C)NC(=O)c1cccn1C1CCNCC1. The van der Waals surface area contributed by atoms with E-state index in [9.17, 15) is 4.79 Å². The first-order valence-corrected chi connectivity index (χ1v) is 7.92. The summed E-state index contributed by atoms with van der Waals surface area (Å²) in [6.45, 7) is 6.85. The summed E-state index contributed by atoms with van der Waals surface area (Å²) in [7, 11) is 0. The number of carbonyl (C=O) groups is 1. The maximum Gasteiger partial charge on any atom is 0.268 e. The Balaban J connectivity index is 1.74. The van der Waals surface area contributed by atoms with E-state index in [-0.39, 0.29) is 17.6 Å². The van der Waals surface area contributed by atoms with E-state index in [0.717, 1.165) is 38.0 Å². The standard InChI is InChI=1S/C16H25N3O2/c1-12-16(2,7-11-21-12)18-15(20)14-4-3-10-19(14)13-5-8-17-9-6-13/h3-4,10,12-13,17H,5-9,11H2,1-2H3,(H,18,20). The van der Waals surface area contributed by atoms with Crippen molar-refractivity contribution in [3.63, 3.8) is 0 Å². The van der Waals surface area contributed by atoms with E-state index in [1.54, 1.807) is 0 Å². The van der Waals surface area contributed by atoms with Gasteiger partial charge in [0.2, 0.25) is 0 Å². The quantitative estimate of drug-likeness (QED) is 0.891. The molecule has 0 aromatic carbocycles. The topological polar surface area (TPSA) is 55.3 Å². The van der Waals surface area contributed by atoms with Crippen molar-refractivity contribution in [2.75, 3.05) is 19.7 Å². The second kappa shape index (κ2) is 5.81. The Morgan fingerprint density at radius 2 is 2.24 bits per heavy atom. The number of nitrogens with zero attached hydrogens (tertiary/aromatic N) is 1. The Hall–Kier alpha value is -1.33. The monoisotopic (exact) mass is 291 g/mol. The number of carbonyl (C=O) groups excluding carboxylic acids is 1. The van der Waals surface area contributed by atoms with Crippen LogP contribution in [0.15, 0.2) is 18.3 Å². The summed E-state index contributed by atoms with van der Waals surface area (Å²) in [5.41, 5.74) is 0.502. The van der Waals surface area contributed by atoms with Crippen LogP contribution in [-0.4, -0.2) is 41.8 Å². The molecule has 1 aromatic rings. The Morgan fingerprint density at radius 3 is 2.90 bits per heavy atom. The van der Waals surface area contributed by atoms with Gasteiger partial charge in [-0.15, -0.1) is 0 Å². The smallest absolute Gasteiger partial charge is 0.268 e. The van der Waals surface area contributed by atoms with Crippen LogP contribution in [0.2, 0.25) is 0 Å². The lowest BCUT2D eigenvalue weighted by Gasteiger charge is -2.30. The van der Waals surface area contributed by atoms with Gasteiger partial charge in [0.25, 0.3) is 5.91 Å². The van der Waals surface area contributed by atoms with Crippen LogP contribution in [0, 0.1) is 0 Å². The molecule has 2 fully saturated rings. The largest absolute Gasteiger partial charge is 0.376 e. The molecule has 116 valence electrons. The molecule has 3 heterocycles.